The van der Waals surface area contributed by atoms with Gasteiger partial charge in [-0.15, -0.1) is 0 Å². The SMILES string of the molecule is CNNC(=O)CC(NC)(c1ccccc1)N1CCN(C(c2ccccc2)c2ccccc2)CC1. The monoisotopic (exact) mass is 457 g/mol. The van der Waals surface area contributed by atoms with Crippen molar-refractivity contribution in [1.82, 2.24) is 26.0 Å². The fourth-order valence-corrected chi connectivity index (χ4v) is 5.16. The molecule has 0 radical (unpaired) electrons. The Morgan fingerprint density at radius 3 is 1.76 bits per heavy atom. The lowest BCUT2D eigenvalue weighted by molar-refractivity contribution is -0.127. The van der Waals surface area contributed by atoms with Gasteiger partial charge in [0.25, 0.3) is 0 Å². The van der Waals surface area contributed by atoms with Crippen molar-refractivity contribution in [3.63, 3.8) is 0 Å². The van der Waals surface area contributed by atoms with E-state index < -0.39 is 5.66 Å². The van der Waals surface area contributed by atoms with E-state index >= 15 is 0 Å². The Bertz CT molecular complexity index is 983. The summed E-state index contributed by atoms with van der Waals surface area (Å²) in [7, 11) is 3.66. The summed E-state index contributed by atoms with van der Waals surface area (Å²) in [6, 6.07) is 32.0. The number of hydrogen-bond donors (Lipinski definition) is 3. The van der Waals surface area contributed by atoms with E-state index in [0.717, 1.165) is 31.7 Å². The number of piperazine rings is 1. The molecule has 6 nitrogen and oxygen atoms in total. The third-order valence-corrected chi connectivity index (χ3v) is 6.80. The molecule has 0 aliphatic carbocycles. The minimum atomic E-state index is -0.580. The second-order valence-corrected chi connectivity index (χ2v) is 8.70. The summed E-state index contributed by atoms with van der Waals surface area (Å²) in [5, 5.41) is 3.52. The Hall–Kier alpha value is -3.03. The lowest BCUT2D eigenvalue weighted by atomic mass is 9.91. The van der Waals surface area contributed by atoms with Crippen molar-refractivity contribution in [2.75, 3.05) is 40.3 Å². The number of hydrazine groups is 1. The topological polar surface area (TPSA) is 59.6 Å². The highest BCUT2D eigenvalue weighted by Gasteiger charge is 2.41. The van der Waals surface area contributed by atoms with Gasteiger partial charge in [-0.2, -0.15) is 0 Å². The highest BCUT2D eigenvalue weighted by atomic mass is 16.2. The Kier molecular flexibility index (Phi) is 8.08. The van der Waals surface area contributed by atoms with Crippen molar-refractivity contribution in [3.8, 4) is 0 Å². The van der Waals surface area contributed by atoms with Gasteiger partial charge >= 0.3 is 0 Å². The molecule has 0 bridgehead atoms. The number of benzene rings is 3. The van der Waals surface area contributed by atoms with Gasteiger partial charge < -0.3 is 0 Å². The number of rotatable bonds is 9. The minimum Gasteiger partial charge on any atom is -0.298 e. The highest BCUT2D eigenvalue weighted by molar-refractivity contribution is 5.77. The van der Waals surface area contributed by atoms with Crippen molar-refractivity contribution in [2.45, 2.75) is 18.1 Å². The average Bonchev–Trinajstić information content (AvgIpc) is 2.90. The van der Waals surface area contributed by atoms with E-state index in [1.807, 2.05) is 25.2 Å². The van der Waals surface area contributed by atoms with Crippen LogP contribution in [0, 0.1) is 0 Å². The van der Waals surface area contributed by atoms with Gasteiger partial charge in [0.1, 0.15) is 5.66 Å². The second-order valence-electron chi connectivity index (χ2n) is 8.70. The molecule has 3 aromatic carbocycles. The highest BCUT2D eigenvalue weighted by Crippen LogP contribution is 2.34. The molecule has 1 fully saturated rings. The summed E-state index contributed by atoms with van der Waals surface area (Å²) in [4.78, 5) is 17.7. The molecular formula is C28H35N5O. The molecule has 6 heteroatoms. The zero-order valence-electron chi connectivity index (χ0n) is 20.1. The quantitative estimate of drug-likeness (QED) is 0.431. The van der Waals surface area contributed by atoms with Gasteiger partial charge in [0, 0.05) is 33.2 Å². The molecule has 1 heterocycles. The van der Waals surface area contributed by atoms with Crippen molar-refractivity contribution in [3.05, 3.63) is 108 Å². The van der Waals surface area contributed by atoms with Gasteiger partial charge in [0.15, 0.2) is 0 Å². The van der Waals surface area contributed by atoms with Gasteiger partial charge in [-0.1, -0.05) is 91.0 Å². The average molecular weight is 458 g/mol. The first-order chi connectivity index (χ1) is 16.7. The van der Waals surface area contributed by atoms with Gasteiger partial charge in [0.05, 0.1) is 12.5 Å². The Labute approximate surface area is 202 Å². The summed E-state index contributed by atoms with van der Waals surface area (Å²) in [5.41, 5.74) is 8.65. The van der Waals surface area contributed by atoms with Gasteiger partial charge in [-0.3, -0.25) is 25.3 Å². The standard InChI is InChI=1S/C28H35N5O/c1-29-28(22-26(34)31-30-2,25-16-10-5-11-17-25)33-20-18-32(19-21-33)27(23-12-6-3-7-13-23)24-14-8-4-9-15-24/h3-17,27,29-30H,18-22H2,1-2H3,(H,31,34). The van der Waals surface area contributed by atoms with E-state index in [0.29, 0.717) is 6.42 Å². The molecule has 3 N–H and O–H groups in total. The van der Waals surface area contributed by atoms with Crippen molar-refractivity contribution in [2.24, 2.45) is 0 Å². The zero-order valence-corrected chi connectivity index (χ0v) is 20.1. The molecule has 3 aromatic rings. The van der Waals surface area contributed by atoms with E-state index in [1.165, 1.54) is 11.1 Å². The molecule has 34 heavy (non-hydrogen) atoms. The molecule has 1 atom stereocenters. The van der Waals surface area contributed by atoms with Crippen LogP contribution in [0.5, 0.6) is 0 Å². The molecule has 1 amide bonds. The van der Waals surface area contributed by atoms with E-state index in [-0.39, 0.29) is 11.9 Å². The summed E-state index contributed by atoms with van der Waals surface area (Å²) >= 11 is 0. The van der Waals surface area contributed by atoms with E-state index in [1.54, 1.807) is 7.05 Å². The maximum atomic E-state index is 12.7. The minimum absolute atomic E-state index is 0.0467. The number of amides is 1. The predicted octanol–water partition coefficient (Wildman–Crippen LogP) is 3.11. The van der Waals surface area contributed by atoms with Crippen LogP contribution in [0.2, 0.25) is 0 Å². The van der Waals surface area contributed by atoms with Crippen LogP contribution in [0.25, 0.3) is 0 Å². The van der Waals surface area contributed by atoms with E-state index in [4.69, 9.17) is 0 Å². The molecule has 1 unspecified atom stereocenters. The van der Waals surface area contributed by atoms with Crippen LogP contribution >= 0.6 is 0 Å². The maximum absolute atomic E-state index is 12.7. The van der Waals surface area contributed by atoms with Crippen LogP contribution < -0.4 is 16.2 Å². The molecule has 178 valence electrons. The number of carbonyl (C=O) groups excluding carboxylic acids is 1. The normalized spacial score (nSPS) is 16.8. The predicted molar refractivity (Wildman–Crippen MR) is 137 cm³/mol. The Morgan fingerprint density at radius 1 is 0.794 bits per heavy atom. The van der Waals surface area contributed by atoms with Gasteiger partial charge in [0.2, 0.25) is 5.91 Å². The van der Waals surface area contributed by atoms with Crippen LogP contribution in [-0.2, 0) is 10.5 Å². The van der Waals surface area contributed by atoms with Crippen LogP contribution in [0.1, 0.15) is 29.2 Å². The maximum Gasteiger partial charge on any atom is 0.237 e. The molecular weight excluding hydrogens is 422 g/mol. The van der Waals surface area contributed by atoms with Gasteiger partial charge in [-0.25, -0.2) is 5.43 Å². The smallest absolute Gasteiger partial charge is 0.237 e. The van der Waals surface area contributed by atoms with Crippen LogP contribution in [0.15, 0.2) is 91.0 Å². The zero-order chi connectivity index (χ0) is 23.8. The molecule has 1 saturated heterocycles. The van der Waals surface area contributed by atoms with Gasteiger partial charge in [-0.05, 0) is 23.7 Å². The first-order valence-electron chi connectivity index (χ1n) is 12.0. The van der Waals surface area contributed by atoms with Crippen LogP contribution in [-0.4, -0.2) is 56.0 Å². The Morgan fingerprint density at radius 2 is 1.29 bits per heavy atom. The lowest BCUT2D eigenvalue weighted by Gasteiger charge is -2.49. The first kappa shape index (κ1) is 24.1. The third-order valence-electron chi connectivity index (χ3n) is 6.80. The number of nitrogens with one attached hydrogen (secondary N) is 3. The van der Waals surface area contributed by atoms with E-state index in [2.05, 4.69) is 98.8 Å². The molecule has 1 aliphatic heterocycles. The lowest BCUT2D eigenvalue weighted by Crippen LogP contribution is -2.62. The number of carbonyl (C=O) groups is 1. The van der Waals surface area contributed by atoms with E-state index in [9.17, 15) is 4.79 Å². The third kappa shape index (κ3) is 5.21. The van der Waals surface area contributed by atoms with Crippen molar-refractivity contribution >= 4 is 5.91 Å². The second kappa shape index (κ2) is 11.4. The molecule has 4 rings (SSSR count). The van der Waals surface area contributed by atoms with Crippen molar-refractivity contribution < 1.29 is 4.79 Å². The first-order valence-corrected chi connectivity index (χ1v) is 12.0. The summed E-state index contributed by atoms with van der Waals surface area (Å²) in [6.07, 6.45) is 0.315. The fourth-order valence-electron chi connectivity index (χ4n) is 5.16. The summed E-state index contributed by atoms with van der Waals surface area (Å²) in [6.45, 7) is 3.49. The number of nitrogens with zero attached hydrogens (tertiary/aromatic N) is 2. The Balaban J connectivity index is 1.60. The molecule has 0 saturated carbocycles. The fraction of sp³-hybridized carbons (Fsp3) is 0.321. The largest absolute Gasteiger partial charge is 0.298 e. The summed E-state index contributed by atoms with van der Waals surface area (Å²) in [5.74, 6) is -0.0467. The molecule has 0 aromatic heterocycles. The van der Waals surface area contributed by atoms with Crippen molar-refractivity contribution in [1.29, 1.82) is 0 Å². The molecule has 1 aliphatic rings. The summed E-state index contributed by atoms with van der Waals surface area (Å²) < 4.78 is 0. The van der Waals surface area contributed by atoms with Crippen LogP contribution in [0.4, 0.5) is 0 Å². The molecule has 0 spiro atoms. The van der Waals surface area contributed by atoms with Crippen LogP contribution in [0.3, 0.4) is 0 Å². The number of hydrogen-bond acceptors (Lipinski definition) is 5.